The Labute approximate surface area is 121 Å². The number of aryl methyl sites for hydroxylation is 1. The molecule has 1 N–H and O–H groups in total. The molecule has 2 heterocycles. The summed E-state index contributed by atoms with van der Waals surface area (Å²) in [5.74, 6) is 0. The molecule has 1 saturated heterocycles. The zero-order valence-electron chi connectivity index (χ0n) is 12.5. The summed E-state index contributed by atoms with van der Waals surface area (Å²) in [7, 11) is -1.56. The molecule has 1 aliphatic rings. The third-order valence-corrected chi connectivity index (χ3v) is 5.67. The molecule has 1 atom stereocenters. The molecule has 114 valence electrons. The van der Waals surface area contributed by atoms with Gasteiger partial charge in [-0.3, -0.25) is 4.68 Å². The summed E-state index contributed by atoms with van der Waals surface area (Å²) in [4.78, 5) is 0. The van der Waals surface area contributed by atoms with E-state index in [1.165, 1.54) is 0 Å². The minimum absolute atomic E-state index is 0.267. The van der Waals surface area contributed by atoms with Crippen molar-refractivity contribution in [3.8, 4) is 0 Å². The first kappa shape index (κ1) is 15.5. The van der Waals surface area contributed by atoms with Crippen LogP contribution in [0.1, 0.15) is 49.9 Å². The lowest BCUT2D eigenvalue weighted by atomic mass is 10.1. The molecule has 7 heteroatoms. The molecule has 1 aromatic heterocycles. The molecule has 1 fully saturated rings. The van der Waals surface area contributed by atoms with Gasteiger partial charge in [0, 0.05) is 37.4 Å². The predicted molar refractivity (Wildman–Crippen MR) is 78.5 cm³/mol. The SMILES string of the molecule is Cc1c(C(C)NS(=O)(=O)N2CCCCCC2)cnn1C. The molecule has 0 spiro atoms. The zero-order chi connectivity index (χ0) is 14.8. The van der Waals surface area contributed by atoms with Crippen LogP contribution in [-0.4, -0.2) is 35.6 Å². The van der Waals surface area contributed by atoms with E-state index >= 15 is 0 Å². The number of nitrogens with zero attached hydrogens (tertiary/aromatic N) is 3. The Morgan fingerprint density at radius 2 is 1.85 bits per heavy atom. The van der Waals surface area contributed by atoms with Crippen LogP contribution in [0.2, 0.25) is 0 Å². The van der Waals surface area contributed by atoms with Crippen LogP contribution in [0.3, 0.4) is 0 Å². The summed E-state index contributed by atoms with van der Waals surface area (Å²) in [5, 5.41) is 4.16. The molecule has 20 heavy (non-hydrogen) atoms. The molecule has 0 aromatic carbocycles. The minimum Gasteiger partial charge on any atom is -0.273 e. The highest BCUT2D eigenvalue weighted by molar-refractivity contribution is 7.87. The van der Waals surface area contributed by atoms with Gasteiger partial charge in [-0.05, 0) is 26.7 Å². The number of hydrogen-bond donors (Lipinski definition) is 1. The number of aromatic nitrogens is 2. The molecular formula is C13H24N4O2S. The monoisotopic (exact) mass is 300 g/mol. The van der Waals surface area contributed by atoms with E-state index in [4.69, 9.17) is 0 Å². The summed E-state index contributed by atoms with van der Waals surface area (Å²) in [6, 6.07) is -0.267. The van der Waals surface area contributed by atoms with Gasteiger partial charge in [-0.25, -0.2) is 0 Å². The van der Waals surface area contributed by atoms with Gasteiger partial charge in [-0.15, -0.1) is 0 Å². The maximum Gasteiger partial charge on any atom is 0.279 e. The van der Waals surface area contributed by atoms with Crippen molar-refractivity contribution >= 4 is 10.2 Å². The van der Waals surface area contributed by atoms with Crippen LogP contribution >= 0.6 is 0 Å². The Morgan fingerprint density at radius 3 is 2.35 bits per heavy atom. The fourth-order valence-electron chi connectivity index (χ4n) is 2.58. The van der Waals surface area contributed by atoms with E-state index in [0.717, 1.165) is 36.9 Å². The van der Waals surface area contributed by atoms with Crippen LogP contribution in [0, 0.1) is 6.92 Å². The molecule has 0 saturated carbocycles. The van der Waals surface area contributed by atoms with Gasteiger partial charge in [0.25, 0.3) is 10.2 Å². The fourth-order valence-corrected chi connectivity index (χ4v) is 4.05. The van der Waals surface area contributed by atoms with Crippen molar-refractivity contribution < 1.29 is 8.42 Å². The lowest BCUT2D eigenvalue weighted by molar-refractivity contribution is 0.409. The summed E-state index contributed by atoms with van der Waals surface area (Å²) in [6.45, 7) is 5.04. The average molecular weight is 300 g/mol. The lowest BCUT2D eigenvalue weighted by Crippen LogP contribution is -2.42. The van der Waals surface area contributed by atoms with Crippen LogP contribution in [0.15, 0.2) is 6.20 Å². The van der Waals surface area contributed by atoms with Gasteiger partial charge in [0.05, 0.1) is 6.20 Å². The Hall–Kier alpha value is -0.920. The van der Waals surface area contributed by atoms with Gasteiger partial charge in [0.15, 0.2) is 0 Å². The van der Waals surface area contributed by atoms with Crippen molar-refractivity contribution in [3.63, 3.8) is 0 Å². The Morgan fingerprint density at radius 1 is 1.25 bits per heavy atom. The third kappa shape index (κ3) is 3.39. The Balaban J connectivity index is 2.09. The smallest absolute Gasteiger partial charge is 0.273 e. The van der Waals surface area contributed by atoms with Crippen LogP contribution in [0.25, 0.3) is 0 Å². The maximum absolute atomic E-state index is 12.4. The molecule has 1 aliphatic heterocycles. The summed E-state index contributed by atoms with van der Waals surface area (Å²) in [5.41, 5.74) is 1.90. The van der Waals surface area contributed by atoms with E-state index in [2.05, 4.69) is 9.82 Å². The number of rotatable bonds is 4. The zero-order valence-corrected chi connectivity index (χ0v) is 13.3. The molecule has 2 rings (SSSR count). The molecule has 0 amide bonds. The maximum atomic E-state index is 12.4. The van der Waals surface area contributed by atoms with Gasteiger partial charge < -0.3 is 0 Å². The Kier molecular flexibility index (Phi) is 4.82. The quantitative estimate of drug-likeness (QED) is 0.916. The standard InChI is InChI=1S/C13H24N4O2S/c1-11(13-10-14-16(3)12(13)2)15-20(18,19)17-8-6-4-5-7-9-17/h10-11,15H,4-9H2,1-3H3. The normalized spacial score (nSPS) is 19.8. The van der Waals surface area contributed by atoms with Crippen molar-refractivity contribution in [1.82, 2.24) is 18.8 Å². The van der Waals surface area contributed by atoms with E-state index in [-0.39, 0.29) is 6.04 Å². The topological polar surface area (TPSA) is 67.2 Å². The highest BCUT2D eigenvalue weighted by Crippen LogP contribution is 2.19. The van der Waals surface area contributed by atoms with Gasteiger partial charge >= 0.3 is 0 Å². The molecule has 0 radical (unpaired) electrons. The highest BCUT2D eigenvalue weighted by Gasteiger charge is 2.26. The fraction of sp³-hybridized carbons (Fsp3) is 0.769. The van der Waals surface area contributed by atoms with Gasteiger partial charge in [-0.2, -0.15) is 22.5 Å². The summed E-state index contributed by atoms with van der Waals surface area (Å²) in [6.07, 6.45) is 5.85. The molecule has 6 nitrogen and oxygen atoms in total. The first-order valence-corrected chi connectivity index (χ1v) is 8.61. The molecule has 1 aromatic rings. The van der Waals surface area contributed by atoms with Crippen molar-refractivity contribution in [3.05, 3.63) is 17.5 Å². The number of hydrogen-bond acceptors (Lipinski definition) is 3. The number of nitrogens with one attached hydrogen (secondary N) is 1. The first-order chi connectivity index (χ1) is 9.42. The largest absolute Gasteiger partial charge is 0.279 e. The lowest BCUT2D eigenvalue weighted by Gasteiger charge is -2.23. The minimum atomic E-state index is -3.42. The molecule has 0 aliphatic carbocycles. The van der Waals surface area contributed by atoms with Crippen molar-refractivity contribution in [1.29, 1.82) is 0 Å². The average Bonchev–Trinajstić information content (AvgIpc) is 2.60. The summed E-state index contributed by atoms with van der Waals surface area (Å²) >= 11 is 0. The second-order valence-electron chi connectivity index (χ2n) is 5.47. The molecule has 0 bridgehead atoms. The van der Waals surface area contributed by atoms with Crippen molar-refractivity contribution in [2.75, 3.05) is 13.1 Å². The van der Waals surface area contributed by atoms with Crippen LogP contribution in [0.4, 0.5) is 0 Å². The van der Waals surface area contributed by atoms with Crippen molar-refractivity contribution in [2.45, 2.75) is 45.6 Å². The van der Waals surface area contributed by atoms with E-state index in [1.807, 2.05) is 20.9 Å². The highest BCUT2D eigenvalue weighted by atomic mass is 32.2. The Bertz CT molecular complexity index is 545. The molecule has 1 unspecified atom stereocenters. The van der Waals surface area contributed by atoms with Crippen molar-refractivity contribution in [2.24, 2.45) is 7.05 Å². The van der Waals surface area contributed by atoms with Crippen LogP contribution in [-0.2, 0) is 17.3 Å². The van der Waals surface area contributed by atoms with Crippen LogP contribution in [0.5, 0.6) is 0 Å². The third-order valence-electron chi connectivity index (χ3n) is 3.97. The summed E-state index contributed by atoms with van der Waals surface area (Å²) < 4.78 is 31.0. The second kappa shape index (κ2) is 6.24. The van der Waals surface area contributed by atoms with E-state index in [1.54, 1.807) is 15.2 Å². The van der Waals surface area contributed by atoms with Gasteiger partial charge in [0.1, 0.15) is 0 Å². The van der Waals surface area contributed by atoms with Gasteiger partial charge in [0.2, 0.25) is 0 Å². The van der Waals surface area contributed by atoms with E-state index in [0.29, 0.717) is 13.1 Å². The van der Waals surface area contributed by atoms with E-state index in [9.17, 15) is 8.42 Å². The van der Waals surface area contributed by atoms with E-state index < -0.39 is 10.2 Å². The predicted octanol–water partition coefficient (Wildman–Crippen LogP) is 1.50. The van der Waals surface area contributed by atoms with Crippen LogP contribution < -0.4 is 4.72 Å². The molecular weight excluding hydrogens is 276 g/mol. The second-order valence-corrected chi connectivity index (χ2v) is 7.17. The first-order valence-electron chi connectivity index (χ1n) is 7.17. The van der Waals surface area contributed by atoms with Gasteiger partial charge in [-0.1, -0.05) is 12.8 Å².